The summed E-state index contributed by atoms with van der Waals surface area (Å²) in [6.07, 6.45) is 1.50. The lowest BCUT2D eigenvalue weighted by atomic mass is 10.1. The molecule has 0 unspecified atom stereocenters. The van der Waals surface area contributed by atoms with Crippen molar-refractivity contribution in [2.45, 2.75) is 0 Å². The molecule has 1 aromatic carbocycles. The summed E-state index contributed by atoms with van der Waals surface area (Å²) < 4.78 is 13.0. The lowest BCUT2D eigenvalue weighted by Crippen LogP contribution is -1.98. The Morgan fingerprint density at radius 3 is 2.62 bits per heavy atom. The zero-order chi connectivity index (χ0) is 9.84. The molecule has 0 fully saturated rings. The Morgan fingerprint density at radius 2 is 2.15 bits per heavy atom. The minimum absolute atomic E-state index is 0.0301. The molecule has 0 spiro atoms. The Balaban J connectivity index is 3.34. The van der Waals surface area contributed by atoms with Crippen molar-refractivity contribution in [3.8, 4) is 0 Å². The number of rotatable bonds is 3. The van der Waals surface area contributed by atoms with E-state index in [2.05, 4.69) is 5.32 Å². The van der Waals surface area contributed by atoms with Gasteiger partial charge < -0.3 is 10.7 Å². The lowest BCUT2D eigenvalue weighted by molar-refractivity contribution is 0.112. The first-order chi connectivity index (χ1) is 6.22. The first-order valence-electron chi connectivity index (χ1n) is 3.70. The maximum absolute atomic E-state index is 13.0. The van der Waals surface area contributed by atoms with Gasteiger partial charge in [0.2, 0.25) is 0 Å². The van der Waals surface area contributed by atoms with Gasteiger partial charge in [-0.2, -0.15) is 0 Å². The van der Waals surface area contributed by atoms with Gasteiger partial charge in [0.25, 0.3) is 0 Å². The van der Waals surface area contributed by atoms with Crippen molar-refractivity contribution in [3.63, 3.8) is 0 Å². The van der Waals surface area contributed by atoms with Crippen LogP contribution in [0.3, 0.4) is 0 Å². The van der Waals surface area contributed by atoms with E-state index in [1.165, 1.54) is 12.1 Å². The number of carbonyl (C=O) groups is 1. The average Bonchev–Trinajstić information content (AvgIpc) is 2.17. The monoisotopic (exact) mass is 180 g/mol. The molecule has 0 heterocycles. The number of nitrogens with one attached hydrogen (secondary N) is 2. The SMILES string of the molecule is CNc1cc(F)c(C=O)cc1C=N. The fourth-order valence-corrected chi connectivity index (χ4v) is 1.03. The molecular weight excluding hydrogens is 171 g/mol. The van der Waals surface area contributed by atoms with Gasteiger partial charge >= 0.3 is 0 Å². The van der Waals surface area contributed by atoms with E-state index in [0.29, 0.717) is 17.5 Å². The van der Waals surface area contributed by atoms with E-state index < -0.39 is 5.82 Å². The van der Waals surface area contributed by atoms with Gasteiger partial charge in [0, 0.05) is 24.5 Å². The summed E-state index contributed by atoms with van der Waals surface area (Å²) in [4.78, 5) is 10.4. The molecule has 0 aliphatic heterocycles. The van der Waals surface area contributed by atoms with E-state index >= 15 is 0 Å². The molecule has 0 aliphatic rings. The second-order valence-electron chi connectivity index (χ2n) is 2.47. The Kier molecular flexibility index (Phi) is 2.74. The van der Waals surface area contributed by atoms with E-state index in [1.807, 2.05) is 0 Å². The first-order valence-corrected chi connectivity index (χ1v) is 3.70. The number of anilines is 1. The molecule has 0 aromatic heterocycles. The summed E-state index contributed by atoms with van der Waals surface area (Å²) in [5.41, 5.74) is 0.960. The number of hydrogen-bond acceptors (Lipinski definition) is 3. The Bertz CT molecular complexity index is 350. The van der Waals surface area contributed by atoms with Crippen LogP contribution in [0.5, 0.6) is 0 Å². The summed E-state index contributed by atoms with van der Waals surface area (Å²) in [5, 5.41) is 9.76. The van der Waals surface area contributed by atoms with Crippen LogP contribution >= 0.6 is 0 Å². The number of carbonyl (C=O) groups excluding carboxylic acids is 1. The average molecular weight is 180 g/mol. The van der Waals surface area contributed by atoms with Gasteiger partial charge in [0.15, 0.2) is 6.29 Å². The molecule has 0 bridgehead atoms. The van der Waals surface area contributed by atoms with Gasteiger partial charge in [-0.15, -0.1) is 0 Å². The summed E-state index contributed by atoms with van der Waals surface area (Å²) in [5.74, 6) is -0.579. The maximum Gasteiger partial charge on any atom is 0.153 e. The van der Waals surface area contributed by atoms with Gasteiger partial charge in [0.05, 0.1) is 5.56 Å². The molecule has 0 aliphatic carbocycles. The highest BCUT2D eigenvalue weighted by Crippen LogP contribution is 2.17. The normalized spacial score (nSPS) is 9.38. The van der Waals surface area contributed by atoms with Crippen molar-refractivity contribution in [1.29, 1.82) is 5.41 Å². The van der Waals surface area contributed by atoms with Crippen LogP contribution in [0.1, 0.15) is 15.9 Å². The molecule has 0 saturated heterocycles. The molecular formula is C9H9FN2O. The minimum Gasteiger partial charge on any atom is -0.388 e. The smallest absolute Gasteiger partial charge is 0.153 e. The predicted octanol–water partition coefficient (Wildman–Crippen LogP) is 1.68. The Hall–Kier alpha value is -1.71. The fraction of sp³-hybridized carbons (Fsp3) is 0.111. The van der Waals surface area contributed by atoms with Gasteiger partial charge in [-0.05, 0) is 12.1 Å². The third kappa shape index (κ3) is 1.72. The summed E-state index contributed by atoms with van der Waals surface area (Å²) in [7, 11) is 1.63. The molecule has 1 aromatic rings. The van der Waals surface area contributed by atoms with Crippen LogP contribution in [0.15, 0.2) is 12.1 Å². The van der Waals surface area contributed by atoms with Crippen LogP contribution in [0, 0.1) is 11.2 Å². The van der Waals surface area contributed by atoms with Crippen LogP contribution in [-0.4, -0.2) is 19.5 Å². The summed E-state index contributed by atoms with van der Waals surface area (Å²) in [6, 6.07) is 2.53. The van der Waals surface area contributed by atoms with E-state index in [9.17, 15) is 9.18 Å². The standard InChI is InChI=1S/C9H9FN2O/c1-12-9-3-8(10)7(5-13)2-6(9)4-11/h2-5,11-12H,1H3. The third-order valence-corrected chi connectivity index (χ3v) is 1.72. The van der Waals surface area contributed by atoms with Crippen molar-refractivity contribution >= 4 is 18.2 Å². The number of aldehydes is 1. The molecule has 3 nitrogen and oxygen atoms in total. The molecule has 0 amide bonds. The van der Waals surface area contributed by atoms with Crippen LogP contribution in [0.25, 0.3) is 0 Å². The molecule has 0 atom stereocenters. The van der Waals surface area contributed by atoms with Gasteiger partial charge in [-0.3, -0.25) is 4.79 Å². The zero-order valence-corrected chi connectivity index (χ0v) is 7.10. The second kappa shape index (κ2) is 3.80. The van der Waals surface area contributed by atoms with Crippen molar-refractivity contribution in [2.24, 2.45) is 0 Å². The fourth-order valence-electron chi connectivity index (χ4n) is 1.03. The molecule has 2 N–H and O–H groups in total. The maximum atomic E-state index is 13.0. The number of halogens is 1. The zero-order valence-electron chi connectivity index (χ0n) is 7.10. The molecule has 0 saturated carbocycles. The van der Waals surface area contributed by atoms with Crippen molar-refractivity contribution in [1.82, 2.24) is 0 Å². The van der Waals surface area contributed by atoms with E-state index in [4.69, 9.17) is 5.41 Å². The molecule has 1 rings (SSSR count). The van der Waals surface area contributed by atoms with Crippen LogP contribution in [0.4, 0.5) is 10.1 Å². The van der Waals surface area contributed by atoms with Crippen LogP contribution < -0.4 is 5.32 Å². The molecule has 0 radical (unpaired) electrons. The summed E-state index contributed by atoms with van der Waals surface area (Å²) >= 11 is 0. The first kappa shape index (κ1) is 9.38. The van der Waals surface area contributed by atoms with Gasteiger partial charge in [-0.25, -0.2) is 4.39 Å². The van der Waals surface area contributed by atoms with Gasteiger partial charge in [-0.1, -0.05) is 0 Å². The highest BCUT2D eigenvalue weighted by Gasteiger charge is 2.06. The van der Waals surface area contributed by atoms with Gasteiger partial charge in [0.1, 0.15) is 5.82 Å². The van der Waals surface area contributed by atoms with Crippen molar-refractivity contribution in [3.05, 3.63) is 29.1 Å². The van der Waals surface area contributed by atoms with Crippen LogP contribution in [0.2, 0.25) is 0 Å². The van der Waals surface area contributed by atoms with Crippen LogP contribution in [-0.2, 0) is 0 Å². The second-order valence-corrected chi connectivity index (χ2v) is 2.47. The largest absolute Gasteiger partial charge is 0.388 e. The Morgan fingerprint density at radius 1 is 1.46 bits per heavy atom. The molecule has 68 valence electrons. The topological polar surface area (TPSA) is 53.0 Å². The number of hydrogen-bond donors (Lipinski definition) is 2. The lowest BCUT2D eigenvalue weighted by Gasteiger charge is -2.05. The van der Waals surface area contributed by atoms with E-state index in [-0.39, 0.29) is 5.56 Å². The van der Waals surface area contributed by atoms with Crippen molar-refractivity contribution < 1.29 is 9.18 Å². The third-order valence-electron chi connectivity index (χ3n) is 1.72. The quantitative estimate of drug-likeness (QED) is 0.549. The van der Waals surface area contributed by atoms with E-state index in [0.717, 1.165) is 6.21 Å². The highest BCUT2D eigenvalue weighted by molar-refractivity contribution is 5.89. The highest BCUT2D eigenvalue weighted by atomic mass is 19.1. The summed E-state index contributed by atoms with van der Waals surface area (Å²) in [6.45, 7) is 0. The Labute approximate surface area is 75.1 Å². The predicted molar refractivity (Wildman–Crippen MR) is 49.2 cm³/mol. The minimum atomic E-state index is -0.579. The number of benzene rings is 1. The molecule has 4 heteroatoms. The van der Waals surface area contributed by atoms with E-state index in [1.54, 1.807) is 7.05 Å². The molecule has 13 heavy (non-hydrogen) atoms. The van der Waals surface area contributed by atoms with Crippen molar-refractivity contribution in [2.75, 3.05) is 12.4 Å².